The number of carbonyl (C=O) groups excluding carboxylic acids is 1. The van der Waals surface area contributed by atoms with Crippen molar-refractivity contribution in [3.05, 3.63) is 0 Å². The first-order valence-electron chi connectivity index (χ1n) is 5.71. The number of hydrogen-bond donors (Lipinski definition) is 2. The molecule has 0 aromatic carbocycles. The molecule has 1 rings (SSSR count). The van der Waals surface area contributed by atoms with Crippen LogP contribution in [0.15, 0.2) is 0 Å². The van der Waals surface area contributed by atoms with Gasteiger partial charge in [0.2, 0.25) is 5.91 Å². The van der Waals surface area contributed by atoms with E-state index in [1.165, 1.54) is 0 Å². The average Bonchev–Trinajstić information content (AvgIpc) is 2.27. The summed E-state index contributed by atoms with van der Waals surface area (Å²) in [5.41, 5.74) is 0. The minimum atomic E-state index is 0. The number of amides is 1. The van der Waals surface area contributed by atoms with Crippen LogP contribution in [0.3, 0.4) is 0 Å². The second-order valence-corrected chi connectivity index (χ2v) is 4.33. The molecule has 1 unspecified atom stereocenters. The van der Waals surface area contributed by atoms with E-state index < -0.39 is 0 Å². The zero-order valence-corrected chi connectivity index (χ0v) is 10.9. The van der Waals surface area contributed by atoms with Gasteiger partial charge in [0.25, 0.3) is 0 Å². The third kappa shape index (κ3) is 5.68. The number of hydrogen-bond acceptors (Lipinski definition) is 3. The van der Waals surface area contributed by atoms with Gasteiger partial charge in [0.1, 0.15) is 0 Å². The van der Waals surface area contributed by atoms with Crippen LogP contribution in [0, 0.1) is 11.8 Å². The van der Waals surface area contributed by atoms with Crippen LogP contribution >= 0.6 is 12.4 Å². The van der Waals surface area contributed by atoms with Crippen molar-refractivity contribution in [3.63, 3.8) is 0 Å². The number of methoxy groups -OCH3 is 1. The summed E-state index contributed by atoms with van der Waals surface area (Å²) in [6, 6.07) is 0. The maximum atomic E-state index is 11.7. The van der Waals surface area contributed by atoms with Gasteiger partial charge in [-0.25, -0.2) is 0 Å². The quantitative estimate of drug-likeness (QED) is 0.759. The lowest BCUT2D eigenvalue weighted by atomic mass is 9.97. The number of ether oxygens (including phenoxy) is 1. The molecule has 96 valence electrons. The first-order valence-corrected chi connectivity index (χ1v) is 5.71. The van der Waals surface area contributed by atoms with Gasteiger partial charge in [-0.15, -0.1) is 12.4 Å². The van der Waals surface area contributed by atoms with Crippen molar-refractivity contribution >= 4 is 18.3 Å². The molecule has 1 fully saturated rings. The van der Waals surface area contributed by atoms with Gasteiger partial charge in [-0.1, -0.05) is 6.92 Å². The van der Waals surface area contributed by atoms with Crippen LogP contribution in [0.5, 0.6) is 0 Å². The zero-order valence-electron chi connectivity index (χ0n) is 10.1. The third-order valence-corrected chi connectivity index (χ3v) is 2.79. The van der Waals surface area contributed by atoms with E-state index in [0.717, 1.165) is 32.5 Å². The smallest absolute Gasteiger partial charge is 0.223 e. The number of halogens is 1. The molecule has 1 saturated heterocycles. The average molecular weight is 251 g/mol. The van der Waals surface area contributed by atoms with Gasteiger partial charge in [-0.2, -0.15) is 0 Å². The first kappa shape index (κ1) is 15.7. The van der Waals surface area contributed by atoms with Gasteiger partial charge >= 0.3 is 0 Å². The van der Waals surface area contributed by atoms with Crippen LogP contribution < -0.4 is 10.6 Å². The molecule has 1 atom stereocenters. The van der Waals surface area contributed by atoms with Gasteiger partial charge in [0.15, 0.2) is 0 Å². The second kappa shape index (κ2) is 8.79. The van der Waals surface area contributed by atoms with Crippen LogP contribution in [0.25, 0.3) is 0 Å². The Morgan fingerprint density at radius 1 is 1.50 bits per heavy atom. The Kier molecular flexibility index (Phi) is 8.61. The maximum absolute atomic E-state index is 11.7. The van der Waals surface area contributed by atoms with Gasteiger partial charge < -0.3 is 15.4 Å². The van der Waals surface area contributed by atoms with E-state index in [1.807, 2.05) is 0 Å². The first-order chi connectivity index (χ1) is 7.24. The zero-order chi connectivity index (χ0) is 11.1. The molecule has 1 heterocycles. The predicted molar refractivity (Wildman–Crippen MR) is 66.9 cm³/mol. The summed E-state index contributed by atoms with van der Waals surface area (Å²) in [6.45, 7) is 5.42. The fourth-order valence-electron chi connectivity index (χ4n) is 1.85. The van der Waals surface area contributed by atoms with E-state index in [9.17, 15) is 4.79 Å². The monoisotopic (exact) mass is 250 g/mol. The Hall–Kier alpha value is -0.320. The Morgan fingerprint density at radius 3 is 2.69 bits per heavy atom. The fraction of sp³-hybridized carbons (Fsp3) is 0.909. The Bertz CT molecular complexity index is 196. The largest absolute Gasteiger partial charge is 0.384 e. The van der Waals surface area contributed by atoms with Crippen LogP contribution in [-0.2, 0) is 9.53 Å². The van der Waals surface area contributed by atoms with Crippen molar-refractivity contribution in [1.82, 2.24) is 10.6 Å². The van der Waals surface area contributed by atoms with E-state index in [0.29, 0.717) is 12.5 Å². The minimum Gasteiger partial charge on any atom is -0.384 e. The van der Waals surface area contributed by atoms with Crippen LogP contribution in [0.1, 0.15) is 19.8 Å². The molecule has 0 spiro atoms. The van der Waals surface area contributed by atoms with Gasteiger partial charge in [0.05, 0.1) is 6.61 Å². The highest BCUT2D eigenvalue weighted by Gasteiger charge is 2.20. The molecule has 0 radical (unpaired) electrons. The number of nitrogens with one attached hydrogen (secondary N) is 2. The Morgan fingerprint density at radius 2 is 2.12 bits per heavy atom. The molecule has 0 aromatic heterocycles. The summed E-state index contributed by atoms with van der Waals surface area (Å²) in [7, 11) is 1.69. The molecule has 0 aromatic rings. The molecule has 0 bridgehead atoms. The van der Waals surface area contributed by atoms with Gasteiger partial charge in [0, 0.05) is 19.6 Å². The Labute approximate surface area is 104 Å². The molecule has 16 heavy (non-hydrogen) atoms. The topological polar surface area (TPSA) is 50.4 Å². The standard InChI is InChI=1S/C11H22N2O2.ClH/c1-9(8-15-2)7-13-11(14)10-3-5-12-6-4-10;/h9-10,12H,3-8H2,1-2H3,(H,13,14);1H. The summed E-state index contributed by atoms with van der Waals surface area (Å²) in [5.74, 6) is 0.807. The highest BCUT2D eigenvalue weighted by molar-refractivity contribution is 5.85. The third-order valence-electron chi connectivity index (χ3n) is 2.79. The molecule has 1 aliphatic rings. The molecule has 0 saturated carbocycles. The molecule has 1 aliphatic heterocycles. The second-order valence-electron chi connectivity index (χ2n) is 4.33. The van der Waals surface area contributed by atoms with E-state index in [-0.39, 0.29) is 24.2 Å². The SMILES string of the molecule is COCC(C)CNC(=O)C1CCNCC1.Cl. The fourth-order valence-corrected chi connectivity index (χ4v) is 1.85. The van der Waals surface area contributed by atoms with Crippen LogP contribution in [0.2, 0.25) is 0 Å². The molecular formula is C11H23ClN2O2. The molecule has 0 aliphatic carbocycles. The van der Waals surface area contributed by atoms with E-state index in [1.54, 1.807) is 7.11 Å². The number of piperidine rings is 1. The summed E-state index contributed by atoms with van der Waals surface area (Å²) in [5, 5.41) is 6.24. The van der Waals surface area contributed by atoms with Crippen molar-refractivity contribution < 1.29 is 9.53 Å². The minimum absolute atomic E-state index is 0. The molecule has 4 nitrogen and oxygen atoms in total. The molecule has 1 amide bonds. The lowest BCUT2D eigenvalue weighted by Gasteiger charge is -2.22. The summed E-state index contributed by atoms with van der Waals surface area (Å²) in [4.78, 5) is 11.7. The lowest BCUT2D eigenvalue weighted by molar-refractivity contribution is -0.125. The van der Waals surface area contributed by atoms with Crippen molar-refractivity contribution in [2.24, 2.45) is 11.8 Å². The Balaban J connectivity index is 0.00000225. The summed E-state index contributed by atoms with van der Waals surface area (Å²) < 4.78 is 5.02. The van der Waals surface area contributed by atoms with Crippen molar-refractivity contribution in [2.45, 2.75) is 19.8 Å². The molecular weight excluding hydrogens is 228 g/mol. The van der Waals surface area contributed by atoms with Crippen LogP contribution in [0.4, 0.5) is 0 Å². The van der Waals surface area contributed by atoms with Crippen LogP contribution in [-0.4, -0.2) is 39.3 Å². The van der Waals surface area contributed by atoms with E-state index in [2.05, 4.69) is 17.6 Å². The highest BCUT2D eigenvalue weighted by Crippen LogP contribution is 2.11. The van der Waals surface area contributed by atoms with Gasteiger partial charge in [-0.3, -0.25) is 4.79 Å². The van der Waals surface area contributed by atoms with E-state index >= 15 is 0 Å². The maximum Gasteiger partial charge on any atom is 0.223 e. The number of carbonyl (C=O) groups is 1. The lowest BCUT2D eigenvalue weighted by Crippen LogP contribution is -2.40. The van der Waals surface area contributed by atoms with Crippen molar-refractivity contribution in [1.29, 1.82) is 0 Å². The summed E-state index contributed by atoms with van der Waals surface area (Å²) in [6.07, 6.45) is 1.93. The molecule has 2 N–H and O–H groups in total. The van der Waals surface area contributed by atoms with Crippen molar-refractivity contribution in [2.75, 3.05) is 33.4 Å². The van der Waals surface area contributed by atoms with Gasteiger partial charge in [-0.05, 0) is 31.8 Å². The van der Waals surface area contributed by atoms with Crippen molar-refractivity contribution in [3.8, 4) is 0 Å². The van der Waals surface area contributed by atoms with E-state index in [4.69, 9.17) is 4.74 Å². The normalized spacial score (nSPS) is 18.6. The highest BCUT2D eigenvalue weighted by atomic mass is 35.5. The molecule has 5 heteroatoms. The predicted octanol–water partition coefficient (Wildman–Crippen LogP) is 0.806. The summed E-state index contributed by atoms with van der Waals surface area (Å²) >= 11 is 0. The number of rotatable bonds is 5.